The van der Waals surface area contributed by atoms with Gasteiger partial charge in [-0.05, 0) is 175 Å². The first kappa shape index (κ1) is 46.1. The molecule has 0 radical (unpaired) electrons. The second-order valence-corrected chi connectivity index (χ2v) is 19.0. The Morgan fingerprint density at radius 2 is 0.774 bits per heavy atom. The number of benzene rings is 6. The van der Waals surface area contributed by atoms with Crippen LogP contribution >= 0.6 is 8.53 Å². The van der Waals surface area contributed by atoms with E-state index in [4.69, 9.17) is 23.3 Å². The van der Waals surface area contributed by atoms with Gasteiger partial charge in [0.1, 0.15) is 28.7 Å². The smallest absolute Gasteiger partial charge is 0.414 e. The number of aryl methyl sites for hydroxylation is 10. The average Bonchev–Trinajstić information content (AvgIpc) is 3.19. The van der Waals surface area contributed by atoms with Gasteiger partial charge in [0.15, 0.2) is 0 Å². The van der Waals surface area contributed by atoms with Crippen LogP contribution in [-0.4, -0.2) is 6.48 Å². The van der Waals surface area contributed by atoms with Gasteiger partial charge in [0.25, 0.3) is 0 Å². The molecule has 0 aliphatic rings. The Balaban J connectivity index is 1.60. The molecule has 6 aromatic carbocycles. The van der Waals surface area contributed by atoms with E-state index in [2.05, 4.69) is 177 Å². The Morgan fingerprint density at radius 3 is 1.16 bits per heavy atom. The molecule has 0 unspecified atom stereocenters. The highest BCUT2D eigenvalue weighted by Gasteiger charge is 2.31. The minimum Gasteiger partial charge on any atom is -0.423 e. The SMILES string of the molecule is Cc1ccc(OC(Oc2ccc(C)cc2C)Oc2c(C(C)C)cc(C)c(C)c2-c2c(C)c(C)cc(C(C)C)c2NP(Oc2ccc(C)cc2C)Oc2ccc(C)cc2C)c(C)c1. The third-order valence-electron chi connectivity index (χ3n) is 11.7. The van der Waals surface area contributed by atoms with Gasteiger partial charge in [-0.1, -0.05) is 111 Å². The van der Waals surface area contributed by atoms with Crippen LogP contribution in [0.1, 0.15) is 117 Å². The zero-order chi connectivity index (χ0) is 45.2. The van der Waals surface area contributed by atoms with Crippen LogP contribution in [0.4, 0.5) is 5.69 Å². The highest BCUT2D eigenvalue weighted by atomic mass is 31.2. The highest BCUT2D eigenvalue weighted by Crippen LogP contribution is 2.52. The van der Waals surface area contributed by atoms with Gasteiger partial charge in [0.05, 0.1) is 5.69 Å². The van der Waals surface area contributed by atoms with Crippen molar-refractivity contribution in [2.24, 2.45) is 0 Å². The summed E-state index contributed by atoms with van der Waals surface area (Å²) in [6.45, 7) is 33.2. The monoisotopic (exact) mass is 851 g/mol. The molecular formula is C55H66NO5P. The summed E-state index contributed by atoms with van der Waals surface area (Å²) in [4.78, 5) is 0. The van der Waals surface area contributed by atoms with Crippen molar-refractivity contribution in [3.63, 3.8) is 0 Å². The van der Waals surface area contributed by atoms with E-state index in [-0.39, 0.29) is 11.8 Å². The Labute approximate surface area is 372 Å². The predicted molar refractivity (Wildman–Crippen MR) is 260 cm³/mol. The quantitative estimate of drug-likeness (QED) is 0.0820. The maximum Gasteiger partial charge on any atom is 0.414 e. The Morgan fingerprint density at radius 1 is 0.403 bits per heavy atom. The third-order valence-corrected chi connectivity index (χ3v) is 12.9. The van der Waals surface area contributed by atoms with Crippen molar-refractivity contribution >= 4 is 14.2 Å². The van der Waals surface area contributed by atoms with E-state index in [1.54, 1.807) is 0 Å². The molecule has 0 saturated carbocycles. The van der Waals surface area contributed by atoms with Crippen LogP contribution in [-0.2, 0) is 0 Å². The first-order valence-corrected chi connectivity index (χ1v) is 23.0. The van der Waals surface area contributed by atoms with Crippen LogP contribution < -0.4 is 28.3 Å². The highest BCUT2D eigenvalue weighted by molar-refractivity contribution is 7.49. The van der Waals surface area contributed by atoms with Crippen molar-refractivity contribution in [2.75, 3.05) is 5.09 Å². The molecule has 0 aromatic heterocycles. The number of hydrogen-bond donors (Lipinski definition) is 1. The van der Waals surface area contributed by atoms with Gasteiger partial charge < -0.3 is 23.3 Å². The third kappa shape index (κ3) is 10.4. The van der Waals surface area contributed by atoms with Gasteiger partial charge in [-0.25, -0.2) is 0 Å². The van der Waals surface area contributed by atoms with E-state index in [0.29, 0.717) is 17.2 Å². The molecule has 0 spiro atoms. The second-order valence-electron chi connectivity index (χ2n) is 17.8. The van der Waals surface area contributed by atoms with Gasteiger partial charge in [0, 0.05) is 11.1 Å². The molecule has 0 aliphatic carbocycles. The first-order chi connectivity index (χ1) is 29.3. The zero-order valence-electron chi connectivity index (χ0n) is 39.8. The number of anilines is 1. The summed E-state index contributed by atoms with van der Waals surface area (Å²) in [6, 6.07) is 29.4. The maximum atomic E-state index is 7.28. The standard InChI is InChI=1S/C55H66NO5P/c1-31(2)45-29-37(9)43(15)51(53(45)56-62(60-49-23-19-35(7)27-41(49)13)61-50-24-20-36(8)28-42(50)14)52-44(16)38(10)30-46(32(3)4)54(52)59-55(57-47-21-17-33(5)25-39(47)11)58-48-22-18-34(6)26-40(48)12/h17-32,55-56H,1-16H3. The predicted octanol–water partition coefficient (Wildman–Crippen LogP) is 15.9. The van der Waals surface area contributed by atoms with Gasteiger partial charge in [-0.2, -0.15) is 0 Å². The molecule has 0 aliphatic heterocycles. The summed E-state index contributed by atoms with van der Waals surface area (Å²) in [6.07, 6.45) is 0. The van der Waals surface area contributed by atoms with Crippen LogP contribution in [0.5, 0.6) is 28.7 Å². The lowest BCUT2D eigenvalue weighted by Crippen LogP contribution is -2.32. The van der Waals surface area contributed by atoms with E-state index < -0.39 is 15.0 Å². The zero-order valence-corrected chi connectivity index (χ0v) is 40.7. The normalized spacial score (nSPS) is 11.5. The largest absolute Gasteiger partial charge is 0.423 e. The lowest BCUT2D eigenvalue weighted by molar-refractivity contribution is -0.141. The van der Waals surface area contributed by atoms with E-state index >= 15 is 0 Å². The molecule has 0 bridgehead atoms. The molecule has 0 saturated heterocycles. The first-order valence-electron chi connectivity index (χ1n) is 21.8. The average molecular weight is 852 g/mol. The number of hydrogen-bond acceptors (Lipinski definition) is 6. The molecule has 6 nitrogen and oxygen atoms in total. The van der Waals surface area contributed by atoms with Crippen molar-refractivity contribution < 1.29 is 23.3 Å². The van der Waals surface area contributed by atoms with Crippen molar-refractivity contribution in [1.82, 2.24) is 0 Å². The van der Waals surface area contributed by atoms with E-state index in [9.17, 15) is 0 Å². The van der Waals surface area contributed by atoms with Gasteiger partial charge >= 0.3 is 15.0 Å². The molecular weight excluding hydrogens is 786 g/mol. The summed E-state index contributed by atoms with van der Waals surface area (Å²) in [7, 11) is -1.79. The molecule has 7 heteroatoms. The van der Waals surface area contributed by atoms with E-state index in [0.717, 1.165) is 89.5 Å². The maximum absolute atomic E-state index is 7.28. The second kappa shape index (κ2) is 19.3. The number of rotatable bonds is 15. The van der Waals surface area contributed by atoms with Gasteiger partial charge in [-0.15, -0.1) is 0 Å². The Kier molecular flexibility index (Phi) is 14.3. The van der Waals surface area contributed by atoms with Crippen molar-refractivity contribution in [3.05, 3.63) is 163 Å². The Bertz CT molecular complexity index is 2310. The summed E-state index contributed by atoms with van der Waals surface area (Å²) < 4.78 is 34.7. The molecule has 0 atom stereocenters. The lowest BCUT2D eigenvalue weighted by atomic mass is 9.83. The molecule has 326 valence electrons. The topological polar surface area (TPSA) is 58.2 Å². The summed E-state index contributed by atoms with van der Waals surface area (Å²) in [5.41, 5.74) is 18.4. The van der Waals surface area contributed by atoms with Gasteiger partial charge in [-0.3, -0.25) is 5.09 Å². The van der Waals surface area contributed by atoms with Crippen molar-refractivity contribution in [1.29, 1.82) is 0 Å². The fraction of sp³-hybridized carbons (Fsp3) is 0.345. The van der Waals surface area contributed by atoms with E-state index in [1.807, 2.05) is 24.3 Å². The van der Waals surface area contributed by atoms with Crippen LogP contribution in [0, 0.1) is 83.1 Å². The van der Waals surface area contributed by atoms with Crippen LogP contribution in [0.15, 0.2) is 84.9 Å². The Hall–Kier alpha value is -5.45. The van der Waals surface area contributed by atoms with Crippen LogP contribution in [0.3, 0.4) is 0 Å². The molecule has 62 heavy (non-hydrogen) atoms. The summed E-state index contributed by atoms with van der Waals surface area (Å²) in [5, 5.41) is 3.93. The molecule has 6 aromatic rings. The molecule has 0 fully saturated rings. The lowest BCUT2D eigenvalue weighted by Gasteiger charge is -2.31. The van der Waals surface area contributed by atoms with Crippen LogP contribution in [0.25, 0.3) is 11.1 Å². The molecule has 0 heterocycles. The van der Waals surface area contributed by atoms with Crippen molar-refractivity contribution in [3.8, 4) is 39.9 Å². The fourth-order valence-electron chi connectivity index (χ4n) is 7.98. The number of nitrogens with one attached hydrogen (secondary N) is 1. The molecule has 0 amide bonds. The summed E-state index contributed by atoms with van der Waals surface area (Å²) in [5.74, 6) is 3.89. The van der Waals surface area contributed by atoms with Crippen LogP contribution in [0.2, 0.25) is 0 Å². The minimum absolute atomic E-state index is 0.106. The number of ether oxygens (including phenoxy) is 3. The molecule has 6 rings (SSSR count). The fourth-order valence-corrected chi connectivity index (χ4v) is 9.30. The van der Waals surface area contributed by atoms with Crippen molar-refractivity contribution in [2.45, 2.75) is 129 Å². The molecule has 1 N–H and O–H groups in total. The minimum atomic E-state index is -1.79. The van der Waals surface area contributed by atoms with Gasteiger partial charge in [0.2, 0.25) is 0 Å². The summed E-state index contributed by atoms with van der Waals surface area (Å²) >= 11 is 0. The van der Waals surface area contributed by atoms with E-state index in [1.165, 1.54) is 16.7 Å².